The van der Waals surface area contributed by atoms with Crippen LogP contribution in [0.2, 0.25) is 0 Å². The fourth-order valence-corrected chi connectivity index (χ4v) is 1.91. The number of nitriles is 1. The molecule has 0 N–H and O–H groups in total. The van der Waals surface area contributed by atoms with E-state index in [1.165, 1.54) is 6.07 Å². The second-order valence-corrected chi connectivity index (χ2v) is 4.53. The monoisotopic (exact) mass is 304 g/mol. The van der Waals surface area contributed by atoms with Crippen LogP contribution < -0.4 is 4.90 Å². The second-order valence-electron chi connectivity index (χ2n) is 3.68. The standard InChI is InChI=1S/C14H10BrFN2/c15-13-7-6-12(10-14(13)16)18(9-8-17)11-4-2-1-3-5-11/h1-7,10H,9H2. The summed E-state index contributed by atoms with van der Waals surface area (Å²) in [5.74, 6) is -0.341. The summed E-state index contributed by atoms with van der Waals surface area (Å²) in [4.78, 5) is 1.76. The summed E-state index contributed by atoms with van der Waals surface area (Å²) in [7, 11) is 0. The minimum atomic E-state index is -0.341. The fourth-order valence-electron chi connectivity index (χ4n) is 1.66. The third-order valence-electron chi connectivity index (χ3n) is 2.51. The van der Waals surface area contributed by atoms with Gasteiger partial charge >= 0.3 is 0 Å². The van der Waals surface area contributed by atoms with E-state index in [2.05, 4.69) is 22.0 Å². The maximum atomic E-state index is 13.5. The number of rotatable bonds is 3. The van der Waals surface area contributed by atoms with E-state index in [9.17, 15) is 4.39 Å². The topological polar surface area (TPSA) is 27.0 Å². The molecule has 0 atom stereocenters. The zero-order valence-electron chi connectivity index (χ0n) is 9.48. The Bertz CT molecular complexity index is 578. The van der Waals surface area contributed by atoms with Crippen molar-refractivity contribution in [1.82, 2.24) is 0 Å². The third-order valence-corrected chi connectivity index (χ3v) is 3.15. The molecule has 0 aliphatic heterocycles. The highest BCUT2D eigenvalue weighted by atomic mass is 79.9. The number of para-hydroxylation sites is 1. The van der Waals surface area contributed by atoms with E-state index in [1.54, 1.807) is 17.0 Å². The van der Waals surface area contributed by atoms with Crippen molar-refractivity contribution in [3.8, 4) is 6.07 Å². The van der Waals surface area contributed by atoms with Gasteiger partial charge in [-0.2, -0.15) is 5.26 Å². The summed E-state index contributed by atoms with van der Waals surface area (Å²) in [5, 5.41) is 8.89. The SMILES string of the molecule is N#CCN(c1ccccc1)c1ccc(Br)c(F)c1. The third kappa shape index (κ3) is 2.69. The molecule has 0 bridgehead atoms. The highest BCUT2D eigenvalue weighted by molar-refractivity contribution is 9.10. The van der Waals surface area contributed by atoms with Crippen LogP contribution in [0.4, 0.5) is 15.8 Å². The van der Waals surface area contributed by atoms with Gasteiger partial charge in [-0.1, -0.05) is 18.2 Å². The van der Waals surface area contributed by atoms with Crippen LogP contribution >= 0.6 is 15.9 Å². The van der Waals surface area contributed by atoms with Crippen LogP contribution in [-0.4, -0.2) is 6.54 Å². The summed E-state index contributed by atoms with van der Waals surface area (Å²) in [6.45, 7) is 0.172. The second kappa shape index (κ2) is 5.65. The van der Waals surface area contributed by atoms with E-state index in [0.29, 0.717) is 10.2 Å². The average molecular weight is 305 g/mol. The highest BCUT2D eigenvalue weighted by Crippen LogP contribution is 2.27. The Morgan fingerprint density at radius 3 is 2.44 bits per heavy atom. The molecular weight excluding hydrogens is 295 g/mol. The smallest absolute Gasteiger partial charge is 0.139 e. The zero-order valence-corrected chi connectivity index (χ0v) is 11.1. The van der Waals surface area contributed by atoms with Gasteiger partial charge in [-0.05, 0) is 46.3 Å². The molecule has 2 aromatic rings. The molecule has 0 unspecified atom stereocenters. The van der Waals surface area contributed by atoms with Crippen LogP contribution in [-0.2, 0) is 0 Å². The molecule has 0 spiro atoms. The molecular formula is C14H10BrFN2. The molecule has 0 saturated heterocycles. The first-order valence-corrected chi connectivity index (χ1v) is 6.16. The van der Waals surface area contributed by atoms with E-state index < -0.39 is 0 Å². The quantitative estimate of drug-likeness (QED) is 0.793. The number of anilines is 2. The van der Waals surface area contributed by atoms with E-state index in [4.69, 9.17) is 5.26 Å². The first kappa shape index (κ1) is 12.6. The number of hydrogen-bond donors (Lipinski definition) is 0. The van der Waals surface area contributed by atoms with Crippen molar-refractivity contribution in [3.63, 3.8) is 0 Å². The van der Waals surface area contributed by atoms with Crippen LogP contribution in [0, 0.1) is 17.1 Å². The van der Waals surface area contributed by atoms with Gasteiger partial charge in [0.05, 0.1) is 10.5 Å². The Morgan fingerprint density at radius 1 is 1.11 bits per heavy atom. The molecule has 4 heteroatoms. The van der Waals surface area contributed by atoms with E-state index in [0.717, 1.165) is 5.69 Å². The molecule has 0 heterocycles. The predicted octanol–water partition coefficient (Wildman–Crippen LogP) is 4.25. The highest BCUT2D eigenvalue weighted by Gasteiger charge is 2.10. The molecule has 0 aliphatic rings. The van der Waals surface area contributed by atoms with Gasteiger partial charge in [0.2, 0.25) is 0 Å². The summed E-state index contributed by atoms with van der Waals surface area (Å²) in [6, 6.07) is 16.4. The van der Waals surface area contributed by atoms with Crippen molar-refractivity contribution in [3.05, 3.63) is 58.8 Å². The Labute approximate surface area is 113 Å². The molecule has 0 aromatic heterocycles. The van der Waals surface area contributed by atoms with Gasteiger partial charge in [0.15, 0.2) is 0 Å². The molecule has 0 fully saturated rings. The lowest BCUT2D eigenvalue weighted by molar-refractivity contribution is 0.621. The number of nitrogens with zero attached hydrogens (tertiary/aromatic N) is 2. The van der Waals surface area contributed by atoms with E-state index in [-0.39, 0.29) is 12.4 Å². The Morgan fingerprint density at radius 2 is 1.83 bits per heavy atom. The molecule has 90 valence electrons. The van der Waals surface area contributed by atoms with Crippen molar-refractivity contribution in [2.75, 3.05) is 11.4 Å². The van der Waals surface area contributed by atoms with Crippen LogP contribution in [0.3, 0.4) is 0 Å². The summed E-state index contributed by atoms with van der Waals surface area (Å²) in [5.41, 5.74) is 1.52. The maximum Gasteiger partial charge on any atom is 0.139 e. The zero-order chi connectivity index (χ0) is 13.0. The maximum absolute atomic E-state index is 13.5. The van der Waals surface area contributed by atoms with Gasteiger partial charge in [-0.15, -0.1) is 0 Å². The van der Waals surface area contributed by atoms with Crippen molar-refractivity contribution < 1.29 is 4.39 Å². The van der Waals surface area contributed by atoms with Crippen molar-refractivity contribution in [2.45, 2.75) is 0 Å². The Balaban J connectivity index is 2.42. The van der Waals surface area contributed by atoms with E-state index >= 15 is 0 Å². The summed E-state index contributed by atoms with van der Waals surface area (Å²) >= 11 is 3.12. The van der Waals surface area contributed by atoms with Crippen LogP contribution in [0.1, 0.15) is 0 Å². The van der Waals surface area contributed by atoms with Crippen molar-refractivity contribution >= 4 is 27.3 Å². The molecule has 18 heavy (non-hydrogen) atoms. The summed E-state index contributed by atoms with van der Waals surface area (Å²) in [6.07, 6.45) is 0. The van der Waals surface area contributed by atoms with Gasteiger partial charge in [0.25, 0.3) is 0 Å². The van der Waals surface area contributed by atoms with E-state index in [1.807, 2.05) is 30.3 Å². The van der Waals surface area contributed by atoms with Crippen LogP contribution in [0.15, 0.2) is 53.0 Å². The normalized spacial score (nSPS) is 9.83. The molecule has 2 aromatic carbocycles. The van der Waals surface area contributed by atoms with Gasteiger partial charge in [0.1, 0.15) is 12.4 Å². The van der Waals surface area contributed by atoms with Crippen molar-refractivity contribution in [1.29, 1.82) is 5.26 Å². The fraction of sp³-hybridized carbons (Fsp3) is 0.0714. The lowest BCUT2D eigenvalue weighted by Crippen LogP contribution is -2.17. The Hall–Kier alpha value is -1.86. The van der Waals surface area contributed by atoms with Crippen LogP contribution in [0.25, 0.3) is 0 Å². The van der Waals surface area contributed by atoms with Gasteiger partial charge < -0.3 is 4.90 Å². The van der Waals surface area contributed by atoms with Crippen LogP contribution in [0.5, 0.6) is 0 Å². The molecule has 2 nitrogen and oxygen atoms in total. The Kier molecular flexibility index (Phi) is 3.96. The number of benzene rings is 2. The largest absolute Gasteiger partial charge is 0.328 e. The molecule has 0 saturated carbocycles. The molecule has 0 aliphatic carbocycles. The number of hydrogen-bond acceptors (Lipinski definition) is 2. The van der Waals surface area contributed by atoms with Crippen molar-refractivity contribution in [2.24, 2.45) is 0 Å². The lowest BCUT2D eigenvalue weighted by Gasteiger charge is -2.22. The first-order chi connectivity index (χ1) is 8.72. The average Bonchev–Trinajstić information content (AvgIpc) is 2.40. The van der Waals surface area contributed by atoms with Gasteiger partial charge in [0, 0.05) is 11.4 Å². The minimum Gasteiger partial charge on any atom is -0.328 e. The summed E-state index contributed by atoms with van der Waals surface area (Å²) < 4.78 is 14.0. The van der Waals surface area contributed by atoms with Gasteiger partial charge in [-0.25, -0.2) is 4.39 Å². The van der Waals surface area contributed by atoms with Gasteiger partial charge in [-0.3, -0.25) is 0 Å². The minimum absolute atomic E-state index is 0.172. The number of halogens is 2. The predicted molar refractivity (Wildman–Crippen MR) is 73.2 cm³/mol. The lowest BCUT2D eigenvalue weighted by atomic mass is 10.2. The molecule has 0 amide bonds. The first-order valence-electron chi connectivity index (χ1n) is 5.37. The molecule has 2 rings (SSSR count). The molecule has 0 radical (unpaired) electrons.